The molecule has 0 aliphatic carbocycles. The van der Waals surface area contributed by atoms with Gasteiger partial charge in [-0.2, -0.15) is 0 Å². The fourth-order valence-corrected chi connectivity index (χ4v) is 1.96. The second-order valence-corrected chi connectivity index (χ2v) is 4.45. The first-order valence-corrected chi connectivity index (χ1v) is 5.82. The van der Waals surface area contributed by atoms with Crippen LogP contribution < -0.4 is 15.5 Å². The lowest BCUT2D eigenvalue weighted by Gasteiger charge is -2.17. The minimum Gasteiger partial charge on any atom is -0.361 e. The van der Waals surface area contributed by atoms with Crippen molar-refractivity contribution in [3.63, 3.8) is 0 Å². The molecule has 1 aromatic rings. The molecular formula is C12H18N4O. The molecule has 0 bridgehead atoms. The summed E-state index contributed by atoms with van der Waals surface area (Å²) in [4.78, 5) is 18.1. The maximum Gasteiger partial charge on any atom is 0.228 e. The zero-order valence-corrected chi connectivity index (χ0v) is 10.2. The van der Waals surface area contributed by atoms with Gasteiger partial charge in [0, 0.05) is 26.8 Å². The van der Waals surface area contributed by atoms with Crippen molar-refractivity contribution in [1.29, 1.82) is 0 Å². The van der Waals surface area contributed by atoms with Crippen LogP contribution in [0.3, 0.4) is 0 Å². The van der Waals surface area contributed by atoms with Crippen LogP contribution in [0.5, 0.6) is 0 Å². The Morgan fingerprint density at radius 1 is 1.59 bits per heavy atom. The Hall–Kier alpha value is -1.62. The Bertz CT molecular complexity index is 399. The summed E-state index contributed by atoms with van der Waals surface area (Å²) in [5.74, 6) is 0.933. The molecule has 5 nitrogen and oxygen atoms in total. The molecule has 0 spiro atoms. The molecule has 1 aromatic heterocycles. The van der Waals surface area contributed by atoms with E-state index in [1.807, 2.05) is 31.1 Å². The first-order chi connectivity index (χ1) is 8.18. The van der Waals surface area contributed by atoms with Crippen LogP contribution in [0.15, 0.2) is 18.3 Å². The third-order valence-corrected chi connectivity index (χ3v) is 2.90. The second-order valence-electron chi connectivity index (χ2n) is 4.45. The standard InChI is InChI=1S/C12H18N4O/c1-16(2)11-10(4-3-6-14-11)15-12(17)9-5-7-13-8-9/h3-4,6,9,13H,5,7-8H2,1-2H3,(H,15,17). The molecule has 0 aromatic carbocycles. The van der Waals surface area contributed by atoms with E-state index < -0.39 is 0 Å². The molecule has 92 valence electrons. The van der Waals surface area contributed by atoms with E-state index in [1.165, 1.54) is 0 Å². The van der Waals surface area contributed by atoms with Gasteiger partial charge in [0.2, 0.25) is 5.91 Å². The number of nitrogens with zero attached hydrogens (tertiary/aromatic N) is 2. The number of nitrogens with one attached hydrogen (secondary N) is 2. The van der Waals surface area contributed by atoms with Crippen molar-refractivity contribution in [2.75, 3.05) is 37.4 Å². The molecule has 2 heterocycles. The van der Waals surface area contributed by atoms with Gasteiger partial charge < -0.3 is 15.5 Å². The van der Waals surface area contributed by atoms with Crippen LogP contribution in [-0.4, -0.2) is 38.1 Å². The molecule has 1 aliphatic rings. The Morgan fingerprint density at radius 2 is 2.41 bits per heavy atom. The normalized spacial score (nSPS) is 19.1. The first kappa shape index (κ1) is 11.9. The van der Waals surface area contributed by atoms with Gasteiger partial charge >= 0.3 is 0 Å². The van der Waals surface area contributed by atoms with Crippen molar-refractivity contribution in [3.8, 4) is 0 Å². The summed E-state index contributed by atoms with van der Waals surface area (Å²) < 4.78 is 0. The molecule has 1 aliphatic heterocycles. The Morgan fingerprint density at radius 3 is 3.06 bits per heavy atom. The van der Waals surface area contributed by atoms with E-state index >= 15 is 0 Å². The highest BCUT2D eigenvalue weighted by atomic mass is 16.1. The Kier molecular flexibility index (Phi) is 3.58. The van der Waals surface area contributed by atoms with E-state index in [9.17, 15) is 4.79 Å². The summed E-state index contributed by atoms with van der Waals surface area (Å²) in [7, 11) is 3.82. The molecule has 1 amide bonds. The average Bonchev–Trinajstić information content (AvgIpc) is 2.83. The fraction of sp³-hybridized carbons (Fsp3) is 0.500. The quantitative estimate of drug-likeness (QED) is 0.808. The Balaban J connectivity index is 2.09. The van der Waals surface area contributed by atoms with Crippen LogP contribution in [-0.2, 0) is 4.79 Å². The molecule has 2 N–H and O–H groups in total. The van der Waals surface area contributed by atoms with Crippen LogP contribution in [0.2, 0.25) is 0 Å². The van der Waals surface area contributed by atoms with Crippen molar-refractivity contribution >= 4 is 17.4 Å². The molecule has 1 fully saturated rings. The summed E-state index contributed by atoms with van der Waals surface area (Å²) in [5, 5.41) is 6.14. The third-order valence-electron chi connectivity index (χ3n) is 2.90. The number of amides is 1. The van der Waals surface area contributed by atoms with E-state index in [1.54, 1.807) is 6.20 Å². The highest BCUT2D eigenvalue weighted by molar-refractivity contribution is 5.95. The number of pyridine rings is 1. The number of anilines is 2. The number of rotatable bonds is 3. The number of hydrogen-bond acceptors (Lipinski definition) is 4. The number of carbonyl (C=O) groups excluding carboxylic acids is 1. The van der Waals surface area contributed by atoms with Crippen molar-refractivity contribution in [3.05, 3.63) is 18.3 Å². The molecule has 0 radical (unpaired) electrons. The summed E-state index contributed by atoms with van der Waals surface area (Å²) in [6, 6.07) is 3.71. The van der Waals surface area contributed by atoms with Gasteiger partial charge in [0.25, 0.3) is 0 Å². The molecule has 0 saturated carbocycles. The van der Waals surface area contributed by atoms with Gasteiger partial charge in [0.05, 0.1) is 11.6 Å². The summed E-state index contributed by atoms with van der Waals surface area (Å²) >= 11 is 0. The number of aromatic nitrogens is 1. The average molecular weight is 234 g/mol. The van der Waals surface area contributed by atoms with E-state index in [0.717, 1.165) is 31.0 Å². The second kappa shape index (κ2) is 5.14. The van der Waals surface area contributed by atoms with E-state index in [4.69, 9.17) is 0 Å². The zero-order valence-electron chi connectivity index (χ0n) is 10.2. The van der Waals surface area contributed by atoms with Gasteiger partial charge in [-0.15, -0.1) is 0 Å². The van der Waals surface area contributed by atoms with E-state index in [0.29, 0.717) is 0 Å². The molecule has 2 rings (SSSR count). The van der Waals surface area contributed by atoms with E-state index in [-0.39, 0.29) is 11.8 Å². The molecule has 17 heavy (non-hydrogen) atoms. The van der Waals surface area contributed by atoms with Gasteiger partial charge in [0.1, 0.15) is 0 Å². The van der Waals surface area contributed by atoms with Gasteiger partial charge in [0.15, 0.2) is 5.82 Å². The highest BCUT2D eigenvalue weighted by Gasteiger charge is 2.23. The summed E-state index contributed by atoms with van der Waals surface area (Å²) in [5.41, 5.74) is 0.773. The predicted molar refractivity (Wildman–Crippen MR) is 68.2 cm³/mol. The van der Waals surface area contributed by atoms with Crippen molar-refractivity contribution in [2.45, 2.75) is 6.42 Å². The lowest BCUT2D eigenvalue weighted by atomic mass is 10.1. The monoisotopic (exact) mass is 234 g/mol. The van der Waals surface area contributed by atoms with Crippen LogP contribution >= 0.6 is 0 Å². The van der Waals surface area contributed by atoms with Gasteiger partial charge in [-0.1, -0.05) is 0 Å². The maximum absolute atomic E-state index is 12.0. The molecule has 1 saturated heterocycles. The molecule has 5 heteroatoms. The van der Waals surface area contributed by atoms with Crippen molar-refractivity contribution in [2.24, 2.45) is 5.92 Å². The topological polar surface area (TPSA) is 57.3 Å². The maximum atomic E-state index is 12.0. The lowest BCUT2D eigenvalue weighted by Crippen LogP contribution is -2.26. The smallest absolute Gasteiger partial charge is 0.228 e. The first-order valence-electron chi connectivity index (χ1n) is 5.82. The predicted octanol–water partition coefficient (Wildman–Crippen LogP) is 0.696. The molecule has 1 unspecified atom stereocenters. The number of carbonyl (C=O) groups is 1. The largest absolute Gasteiger partial charge is 0.361 e. The van der Waals surface area contributed by atoms with Gasteiger partial charge in [-0.25, -0.2) is 4.98 Å². The van der Waals surface area contributed by atoms with Gasteiger partial charge in [-0.3, -0.25) is 4.79 Å². The Labute approximate surface area is 101 Å². The zero-order chi connectivity index (χ0) is 12.3. The highest BCUT2D eigenvalue weighted by Crippen LogP contribution is 2.21. The fourth-order valence-electron chi connectivity index (χ4n) is 1.96. The molecule has 1 atom stereocenters. The summed E-state index contributed by atoms with van der Waals surface area (Å²) in [6.45, 7) is 1.69. The minimum atomic E-state index is 0.0743. The lowest BCUT2D eigenvalue weighted by molar-refractivity contribution is -0.119. The third kappa shape index (κ3) is 2.74. The van der Waals surface area contributed by atoms with Crippen molar-refractivity contribution in [1.82, 2.24) is 10.3 Å². The van der Waals surface area contributed by atoms with E-state index in [2.05, 4.69) is 15.6 Å². The summed E-state index contributed by atoms with van der Waals surface area (Å²) in [6.07, 6.45) is 2.63. The molecular weight excluding hydrogens is 216 g/mol. The van der Waals surface area contributed by atoms with Crippen LogP contribution in [0, 0.1) is 5.92 Å². The number of hydrogen-bond donors (Lipinski definition) is 2. The van der Waals surface area contributed by atoms with Crippen LogP contribution in [0.25, 0.3) is 0 Å². The SMILES string of the molecule is CN(C)c1ncccc1NC(=O)C1CCNC1. The minimum absolute atomic E-state index is 0.0743. The van der Waals surface area contributed by atoms with Crippen molar-refractivity contribution < 1.29 is 4.79 Å². The van der Waals surface area contributed by atoms with Gasteiger partial charge in [-0.05, 0) is 25.1 Å². The van der Waals surface area contributed by atoms with Crippen LogP contribution in [0.1, 0.15) is 6.42 Å². The van der Waals surface area contributed by atoms with Crippen LogP contribution in [0.4, 0.5) is 11.5 Å².